The Kier molecular flexibility index (Phi) is 8.50. The lowest BCUT2D eigenvalue weighted by Crippen LogP contribution is -2.21. The lowest BCUT2D eigenvalue weighted by molar-refractivity contribution is 0.306. The quantitative estimate of drug-likeness (QED) is 0.193. The van der Waals surface area contributed by atoms with E-state index in [1.54, 1.807) is 30.5 Å². The molecule has 0 saturated heterocycles. The minimum Gasteiger partial charge on any atom is -0.487 e. The zero-order valence-corrected chi connectivity index (χ0v) is 23.7. The predicted molar refractivity (Wildman–Crippen MR) is 155 cm³/mol. The molecule has 0 aliphatic carbocycles. The van der Waals surface area contributed by atoms with E-state index >= 15 is 0 Å². The molecule has 206 valence electrons. The van der Waals surface area contributed by atoms with Crippen LogP contribution in [0, 0.1) is 5.82 Å². The van der Waals surface area contributed by atoms with Gasteiger partial charge in [-0.2, -0.15) is 0 Å². The summed E-state index contributed by atoms with van der Waals surface area (Å²) in [5.74, 6) is 0.788. The number of nitrogens with zero attached hydrogens (tertiary/aromatic N) is 4. The fourth-order valence-electron chi connectivity index (χ4n) is 3.78. The van der Waals surface area contributed by atoms with Crippen molar-refractivity contribution in [1.82, 2.24) is 25.3 Å². The Morgan fingerprint density at radius 3 is 2.75 bits per heavy atom. The van der Waals surface area contributed by atoms with Gasteiger partial charge < -0.3 is 15.4 Å². The smallest absolute Gasteiger partial charge is 0.148 e. The van der Waals surface area contributed by atoms with Crippen LogP contribution in [-0.4, -0.2) is 46.9 Å². The van der Waals surface area contributed by atoms with Crippen molar-refractivity contribution in [3.05, 3.63) is 87.8 Å². The van der Waals surface area contributed by atoms with Gasteiger partial charge in [-0.15, -0.1) is 11.3 Å². The Labute approximate surface area is 239 Å². The molecule has 0 fully saturated rings. The number of thiazole rings is 1. The standard InChI is InChI=1S/C27H24ClFN6O3S2/c1-40(36,37)8-7-30-13-26-35-24(15-39-26)22-11-20-23(12-31-22)32-16-33-27(20)34-19-5-6-25(21(28)10-19)38-14-17-3-2-4-18(29)9-17/h2-6,9-12,15-16,30H,7-8,13-14H2,1H3,(H,32,33,34). The molecule has 40 heavy (non-hydrogen) atoms. The fourth-order valence-corrected chi connectivity index (χ4v) is 5.29. The molecule has 0 radical (unpaired) electrons. The van der Waals surface area contributed by atoms with Crippen LogP contribution in [0.15, 0.2) is 66.4 Å². The molecule has 9 nitrogen and oxygen atoms in total. The Morgan fingerprint density at radius 2 is 1.95 bits per heavy atom. The lowest BCUT2D eigenvalue weighted by Gasteiger charge is -2.12. The van der Waals surface area contributed by atoms with Gasteiger partial charge in [0.1, 0.15) is 45.2 Å². The number of hydrogen-bond donors (Lipinski definition) is 2. The second-order valence-corrected chi connectivity index (χ2v) is 12.5. The summed E-state index contributed by atoms with van der Waals surface area (Å²) in [6.45, 7) is 1.01. The minimum absolute atomic E-state index is 0.0725. The monoisotopic (exact) mass is 598 g/mol. The second-order valence-electron chi connectivity index (χ2n) is 8.93. The minimum atomic E-state index is -3.02. The predicted octanol–water partition coefficient (Wildman–Crippen LogP) is 5.40. The summed E-state index contributed by atoms with van der Waals surface area (Å²) < 4.78 is 41.8. The highest BCUT2D eigenvalue weighted by Gasteiger charge is 2.12. The van der Waals surface area contributed by atoms with Gasteiger partial charge in [-0.25, -0.2) is 27.8 Å². The van der Waals surface area contributed by atoms with Crippen molar-refractivity contribution in [2.45, 2.75) is 13.2 Å². The van der Waals surface area contributed by atoms with E-state index in [-0.39, 0.29) is 18.2 Å². The maximum Gasteiger partial charge on any atom is 0.148 e. The number of rotatable bonds is 11. The molecule has 13 heteroatoms. The molecule has 0 amide bonds. The topological polar surface area (TPSA) is 119 Å². The van der Waals surface area contributed by atoms with E-state index in [4.69, 9.17) is 16.3 Å². The van der Waals surface area contributed by atoms with Crippen molar-refractivity contribution < 1.29 is 17.5 Å². The Morgan fingerprint density at radius 1 is 1.07 bits per heavy atom. The molecule has 0 atom stereocenters. The number of halogens is 2. The lowest BCUT2D eigenvalue weighted by atomic mass is 10.2. The van der Waals surface area contributed by atoms with Crippen molar-refractivity contribution in [3.63, 3.8) is 0 Å². The summed E-state index contributed by atoms with van der Waals surface area (Å²) in [5, 5.41) is 10.2. The first-order chi connectivity index (χ1) is 19.2. The number of hydrogen-bond acceptors (Lipinski definition) is 10. The molecule has 3 aromatic heterocycles. The third-order valence-electron chi connectivity index (χ3n) is 5.74. The molecule has 0 spiro atoms. The summed E-state index contributed by atoms with van der Waals surface area (Å²) in [6.07, 6.45) is 4.33. The first kappa shape index (κ1) is 27.8. The van der Waals surface area contributed by atoms with E-state index in [0.717, 1.165) is 10.4 Å². The van der Waals surface area contributed by atoms with Gasteiger partial charge in [0, 0.05) is 35.8 Å². The SMILES string of the molecule is CS(=O)(=O)CCNCc1nc(-c2cc3c(Nc4ccc(OCc5cccc(F)c5)c(Cl)c4)ncnc3cn2)cs1. The molecule has 0 unspecified atom stereocenters. The molecule has 0 saturated carbocycles. The number of sulfone groups is 1. The number of ether oxygens (including phenoxy) is 1. The number of fused-ring (bicyclic) bond motifs is 1. The summed E-state index contributed by atoms with van der Waals surface area (Å²) in [5.41, 5.74) is 3.40. The third kappa shape index (κ3) is 7.27. The van der Waals surface area contributed by atoms with Crippen molar-refractivity contribution in [2.24, 2.45) is 0 Å². The summed E-state index contributed by atoms with van der Waals surface area (Å²) in [4.78, 5) is 17.9. The highest BCUT2D eigenvalue weighted by atomic mass is 35.5. The molecule has 0 bridgehead atoms. The van der Waals surface area contributed by atoms with E-state index in [9.17, 15) is 12.8 Å². The van der Waals surface area contributed by atoms with Crippen LogP contribution in [0.25, 0.3) is 22.3 Å². The molecule has 2 N–H and O–H groups in total. The van der Waals surface area contributed by atoms with E-state index < -0.39 is 9.84 Å². The zero-order valence-electron chi connectivity index (χ0n) is 21.3. The highest BCUT2D eigenvalue weighted by molar-refractivity contribution is 7.90. The van der Waals surface area contributed by atoms with Gasteiger partial charge in [0.25, 0.3) is 0 Å². The molecule has 0 aliphatic heterocycles. The summed E-state index contributed by atoms with van der Waals surface area (Å²) >= 11 is 7.93. The first-order valence-corrected chi connectivity index (χ1v) is 15.4. The van der Waals surface area contributed by atoms with Crippen LogP contribution in [0.5, 0.6) is 5.75 Å². The number of anilines is 2. The van der Waals surface area contributed by atoms with Crippen molar-refractivity contribution in [2.75, 3.05) is 23.9 Å². The molecule has 5 rings (SSSR count). The van der Waals surface area contributed by atoms with E-state index in [1.807, 2.05) is 17.5 Å². The van der Waals surface area contributed by atoms with Crippen LogP contribution in [0.4, 0.5) is 15.9 Å². The molecular formula is C27H24ClFN6O3S2. The van der Waals surface area contributed by atoms with E-state index in [1.165, 1.54) is 36.1 Å². The van der Waals surface area contributed by atoms with Gasteiger partial charge in [0.15, 0.2) is 0 Å². The van der Waals surface area contributed by atoms with Gasteiger partial charge in [-0.05, 0) is 42.0 Å². The van der Waals surface area contributed by atoms with Crippen molar-refractivity contribution in [1.29, 1.82) is 0 Å². The van der Waals surface area contributed by atoms with Crippen molar-refractivity contribution >= 4 is 55.2 Å². The van der Waals surface area contributed by atoms with Crippen molar-refractivity contribution in [3.8, 4) is 17.1 Å². The van der Waals surface area contributed by atoms with Crippen LogP contribution in [0.1, 0.15) is 10.6 Å². The third-order valence-corrected chi connectivity index (χ3v) is 7.83. The highest BCUT2D eigenvalue weighted by Crippen LogP contribution is 2.32. The summed E-state index contributed by atoms with van der Waals surface area (Å²) in [6, 6.07) is 13.3. The Balaban J connectivity index is 1.29. The second kappa shape index (κ2) is 12.2. The normalized spacial score (nSPS) is 11.6. The van der Waals surface area contributed by atoms with Crippen LogP contribution in [-0.2, 0) is 23.0 Å². The Hall–Kier alpha value is -3.71. The molecule has 2 aromatic carbocycles. The van der Waals surface area contributed by atoms with Crippen LogP contribution in [0.3, 0.4) is 0 Å². The number of aromatic nitrogens is 4. The largest absolute Gasteiger partial charge is 0.487 e. The fraction of sp³-hybridized carbons (Fsp3) is 0.185. The number of pyridine rings is 1. The summed E-state index contributed by atoms with van der Waals surface area (Å²) in [7, 11) is -3.02. The van der Waals surface area contributed by atoms with Crippen LogP contribution >= 0.6 is 22.9 Å². The van der Waals surface area contributed by atoms with E-state index in [2.05, 4.69) is 30.6 Å². The van der Waals surface area contributed by atoms with Gasteiger partial charge in [-0.3, -0.25) is 4.98 Å². The van der Waals surface area contributed by atoms with Crippen LogP contribution < -0.4 is 15.4 Å². The zero-order chi connectivity index (χ0) is 28.1. The molecule has 3 heterocycles. The maximum atomic E-state index is 13.4. The average Bonchev–Trinajstić information content (AvgIpc) is 3.39. The Bertz CT molecular complexity index is 1770. The van der Waals surface area contributed by atoms with Gasteiger partial charge in [0.05, 0.1) is 33.9 Å². The molecule has 0 aliphatic rings. The van der Waals surface area contributed by atoms with E-state index in [0.29, 0.717) is 57.8 Å². The first-order valence-electron chi connectivity index (χ1n) is 12.1. The molecule has 5 aromatic rings. The molecular weight excluding hydrogens is 575 g/mol. The average molecular weight is 599 g/mol. The number of benzene rings is 2. The maximum absolute atomic E-state index is 13.4. The number of nitrogens with one attached hydrogen (secondary N) is 2. The van der Waals surface area contributed by atoms with Crippen LogP contribution in [0.2, 0.25) is 5.02 Å². The van der Waals surface area contributed by atoms with Gasteiger partial charge in [0.2, 0.25) is 0 Å². The van der Waals surface area contributed by atoms with Gasteiger partial charge in [-0.1, -0.05) is 23.7 Å². The van der Waals surface area contributed by atoms with Gasteiger partial charge >= 0.3 is 0 Å².